The first-order valence-electron chi connectivity index (χ1n) is 11.1. The summed E-state index contributed by atoms with van der Waals surface area (Å²) in [5.41, 5.74) is -0.0449. The summed E-state index contributed by atoms with van der Waals surface area (Å²) in [5.74, 6) is -4.88. The van der Waals surface area contributed by atoms with Gasteiger partial charge in [-0.3, -0.25) is 19.7 Å². The first-order chi connectivity index (χ1) is 16.6. The molecule has 1 aliphatic rings. The fourth-order valence-electron chi connectivity index (χ4n) is 3.88. The molecule has 0 fully saturated rings. The summed E-state index contributed by atoms with van der Waals surface area (Å²) in [7, 11) is 0. The molecule has 11 nitrogen and oxygen atoms in total. The van der Waals surface area contributed by atoms with Gasteiger partial charge in [0.2, 0.25) is 5.91 Å². The smallest absolute Gasteiger partial charge is 0.328 e. The van der Waals surface area contributed by atoms with Gasteiger partial charge in [0.15, 0.2) is 0 Å². The number of nitro groups is 1. The number of ether oxygens (including phenoxy) is 2. The Morgan fingerprint density at radius 3 is 2.43 bits per heavy atom. The Morgan fingerprint density at radius 2 is 1.89 bits per heavy atom. The maximum absolute atomic E-state index is 13.5. The van der Waals surface area contributed by atoms with Crippen LogP contribution in [0.15, 0.2) is 40.5 Å². The normalized spacial score (nSPS) is 18.3. The molecule has 0 aliphatic carbocycles. The predicted octanol–water partition coefficient (Wildman–Crippen LogP) is 2.81. The molecular formula is C24H28N4O7. The molecule has 1 aromatic rings. The molecule has 0 saturated heterocycles. The van der Waals surface area contributed by atoms with E-state index in [4.69, 9.17) is 9.47 Å². The molecule has 0 aromatic heterocycles. The highest BCUT2D eigenvalue weighted by molar-refractivity contribution is 6.15. The van der Waals surface area contributed by atoms with Gasteiger partial charge in [-0.25, -0.2) is 9.79 Å². The first-order valence-corrected chi connectivity index (χ1v) is 11.1. The van der Waals surface area contributed by atoms with Gasteiger partial charge in [-0.05, 0) is 32.3 Å². The molecule has 1 aliphatic heterocycles. The molecule has 1 amide bonds. The minimum absolute atomic E-state index is 0.00232. The number of non-ortho nitro benzene ring substituents is 1. The number of nitriles is 1. The number of carbonyl (C=O) groups excluding carboxylic acids is 3. The van der Waals surface area contributed by atoms with E-state index in [2.05, 4.69) is 10.3 Å². The summed E-state index contributed by atoms with van der Waals surface area (Å²) in [6.07, 6.45) is 0. The van der Waals surface area contributed by atoms with Crippen molar-refractivity contribution >= 4 is 29.2 Å². The summed E-state index contributed by atoms with van der Waals surface area (Å²) in [5, 5.41) is 23.8. The van der Waals surface area contributed by atoms with E-state index in [-0.39, 0.29) is 47.4 Å². The molecule has 0 spiro atoms. The summed E-state index contributed by atoms with van der Waals surface area (Å²) < 4.78 is 10.2. The van der Waals surface area contributed by atoms with Crippen molar-refractivity contribution in [2.24, 2.45) is 16.8 Å². The molecule has 0 bridgehead atoms. The SMILES string of the molecule is CCOC(=O)C1C(C#N)=NC(C)=C(C(=O)N[C@H](C(=O)OCC)C(C)C)C1c1cccc([N+](=O)[O-])c1. The van der Waals surface area contributed by atoms with Gasteiger partial charge in [-0.15, -0.1) is 0 Å². The van der Waals surface area contributed by atoms with Crippen molar-refractivity contribution in [3.8, 4) is 6.07 Å². The summed E-state index contributed by atoms with van der Waals surface area (Å²) in [6, 6.07) is 6.36. The van der Waals surface area contributed by atoms with Crippen molar-refractivity contribution in [2.45, 2.75) is 46.6 Å². The number of hydrogen-bond acceptors (Lipinski definition) is 9. The number of rotatable bonds is 9. The van der Waals surface area contributed by atoms with Crippen molar-refractivity contribution in [1.82, 2.24) is 5.32 Å². The molecule has 2 rings (SSSR count). The second-order valence-electron chi connectivity index (χ2n) is 8.11. The van der Waals surface area contributed by atoms with E-state index in [1.54, 1.807) is 27.7 Å². The second-order valence-corrected chi connectivity index (χ2v) is 8.11. The highest BCUT2D eigenvalue weighted by Gasteiger charge is 2.44. The number of nitro benzene ring substituents is 1. The van der Waals surface area contributed by atoms with Crippen LogP contribution in [0.2, 0.25) is 0 Å². The molecule has 1 heterocycles. The monoisotopic (exact) mass is 484 g/mol. The lowest BCUT2D eigenvalue weighted by Crippen LogP contribution is -2.48. The third-order valence-corrected chi connectivity index (χ3v) is 5.45. The van der Waals surface area contributed by atoms with Gasteiger partial charge >= 0.3 is 11.9 Å². The largest absolute Gasteiger partial charge is 0.465 e. The van der Waals surface area contributed by atoms with E-state index in [1.165, 1.54) is 31.2 Å². The second kappa shape index (κ2) is 11.9. The van der Waals surface area contributed by atoms with Crippen LogP contribution in [0.25, 0.3) is 0 Å². The third kappa shape index (κ3) is 6.09. The highest BCUT2D eigenvalue weighted by atomic mass is 16.6. The van der Waals surface area contributed by atoms with Gasteiger partial charge in [-0.2, -0.15) is 5.26 Å². The van der Waals surface area contributed by atoms with Crippen LogP contribution < -0.4 is 5.32 Å². The lowest BCUT2D eigenvalue weighted by molar-refractivity contribution is -0.384. The Hall–Kier alpha value is -4.07. The number of hydrogen-bond donors (Lipinski definition) is 1. The fourth-order valence-corrected chi connectivity index (χ4v) is 3.88. The van der Waals surface area contributed by atoms with Crippen LogP contribution in [0.5, 0.6) is 0 Å². The van der Waals surface area contributed by atoms with Crippen LogP contribution in [0, 0.1) is 33.3 Å². The molecule has 11 heteroatoms. The van der Waals surface area contributed by atoms with Gasteiger partial charge in [0.05, 0.1) is 18.1 Å². The number of amides is 1. The quantitative estimate of drug-likeness (QED) is 0.318. The predicted molar refractivity (Wildman–Crippen MR) is 125 cm³/mol. The average molecular weight is 485 g/mol. The van der Waals surface area contributed by atoms with Crippen molar-refractivity contribution in [3.05, 3.63) is 51.2 Å². The van der Waals surface area contributed by atoms with Crippen LogP contribution in [-0.4, -0.2) is 47.7 Å². The van der Waals surface area contributed by atoms with Crippen LogP contribution in [0.4, 0.5) is 5.69 Å². The molecule has 3 atom stereocenters. The van der Waals surface area contributed by atoms with E-state index in [0.717, 1.165) is 0 Å². The van der Waals surface area contributed by atoms with E-state index >= 15 is 0 Å². The van der Waals surface area contributed by atoms with Gasteiger partial charge < -0.3 is 14.8 Å². The number of allylic oxidation sites excluding steroid dienone is 1. The lowest BCUT2D eigenvalue weighted by atomic mass is 9.75. The molecule has 2 unspecified atom stereocenters. The molecule has 0 saturated carbocycles. The Kier molecular flexibility index (Phi) is 9.22. The van der Waals surface area contributed by atoms with Crippen LogP contribution >= 0.6 is 0 Å². The van der Waals surface area contributed by atoms with Crippen LogP contribution in [-0.2, 0) is 23.9 Å². The maximum atomic E-state index is 13.5. The fraction of sp³-hybridized carbons (Fsp3) is 0.458. The Bertz CT molecular complexity index is 1120. The van der Waals surface area contributed by atoms with Crippen LogP contribution in [0.3, 0.4) is 0 Å². The number of benzene rings is 1. The molecule has 35 heavy (non-hydrogen) atoms. The van der Waals surface area contributed by atoms with Crippen molar-refractivity contribution < 1.29 is 28.8 Å². The third-order valence-electron chi connectivity index (χ3n) is 5.45. The van der Waals surface area contributed by atoms with E-state index in [0.29, 0.717) is 0 Å². The van der Waals surface area contributed by atoms with Crippen molar-refractivity contribution in [3.63, 3.8) is 0 Å². The molecule has 1 N–H and O–H groups in total. The minimum Gasteiger partial charge on any atom is -0.465 e. The average Bonchev–Trinajstić information content (AvgIpc) is 2.81. The molecule has 0 radical (unpaired) electrons. The van der Waals surface area contributed by atoms with E-state index < -0.39 is 40.6 Å². The molecule has 186 valence electrons. The Morgan fingerprint density at radius 1 is 1.23 bits per heavy atom. The summed E-state index contributed by atoms with van der Waals surface area (Å²) in [6.45, 7) is 8.32. The van der Waals surface area contributed by atoms with Crippen molar-refractivity contribution in [2.75, 3.05) is 13.2 Å². The summed E-state index contributed by atoms with van der Waals surface area (Å²) in [4.78, 5) is 53.9. The lowest BCUT2D eigenvalue weighted by Gasteiger charge is -2.32. The number of carbonyl (C=O) groups is 3. The van der Waals surface area contributed by atoms with Gasteiger partial charge in [0, 0.05) is 29.3 Å². The topological polar surface area (TPSA) is 161 Å². The Balaban J connectivity index is 2.69. The zero-order chi connectivity index (χ0) is 26.3. The summed E-state index contributed by atoms with van der Waals surface area (Å²) >= 11 is 0. The highest BCUT2D eigenvalue weighted by Crippen LogP contribution is 2.40. The maximum Gasteiger partial charge on any atom is 0.328 e. The Labute approximate surface area is 203 Å². The first kappa shape index (κ1) is 27.2. The zero-order valence-electron chi connectivity index (χ0n) is 20.2. The van der Waals surface area contributed by atoms with Gasteiger partial charge in [0.1, 0.15) is 23.7 Å². The number of nitrogens with one attached hydrogen (secondary N) is 1. The van der Waals surface area contributed by atoms with Gasteiger partial charge in [0.25, 0.3) is 5.69 Å². The van der Waals surface area contributed by atoms with Gasteiger partial charge in [-0.1, -0.05) is 26.0 Å². The standard InChI is InChI=1S/C24H28N4O7/c1-6-34-23(30)20-17(12-25)26-14(5)18(19(20)15-9-8-10-16(11-15)28(32)33)22(29)27-21(13(3)4)24(31)35-7-2/h8-11,13,19-21H,6-7H2,1-5H3,(H,27,29)/t19?,20?,21-/m0/s1. The molecule has 1 aromatic carbocycles. The molecular weight excluding hydrogens is 456 g/mol. The number of nitrogens with zero attached hydrogens (tertiary/aromatic N) is 3. The van der Waals surface area contributed by atoms with E-state index in [1.807, 2.05) is 6.07 Å². The van der Waals surface area contributed by atoms with Crippen molar-refractivity contribution in [1.29, 1.82) is 5.26 Å². The van der Waals surface area contributed by atoms with Crippen LogP contribution in [0.1, 0.15) is 46.1 Å². The zero-order valence-corrected chi connectivity index (χ0v) is 20.2. The minimum atomic E-state index is -1.31. The number of esters is 2. The number of aliphatic imine (C=N–C) groups is 1. The van der Waals surface area contributed by atoms with E-state index in [9.17, 15) is 29.8 Å².